The van der Waals surface area contributed by atoms with Gasteiger partial charge in [0.15, 0.2) is 0 Å². The molecule has 0 heterocycles. The summed E-state index contributed by atoms with van der Waals surface area (Å²) in [5.74, 6) is -0.269. The van der Waals surface area contributed by atoms with Gasteiger partial charge in [-0.25, -0.2) is 13.2 Å². The summed E-state index contributed by atoms with van der Waals surface area (Å²) < 4.78 is 27.7. The van der Waals surface area contributed by atoms with Crippen molar-refractivity contribution >= 4 is 56.3 Å². The fourth-order valence-electron chi connectivity index (χ4n) is 2.68. The number of benzene rings is 3. The zero-order valence-electron chi connectivity index (χ0n) is 15.9. The van der Waals surface area contributed by atoms with Crippen molar-refractivity contribution in [3.63, 3.8) is 0 Å². The van der Waals surface area contributed by atoms with Crippen LogP contribution in [0.5, 0.6) is 0 Å². The number of hydrogen-bond donors (Lipinski definition) is 3. The van der Waals surface area contributed by atoms with Crippen LogP contribution in [0.2, 0.25) is 10.0 Å². The van der Waals surface area contributed by atoms with Crippen molar-refractivity contribution in [1.29, 1.82) is 5.26 Å². The Balaban J connectivity index is 1.82. The number of anilines is 3. The number of amides is 2. The summed E-state index contributed by atoms with van der Waals surface area (Å²) in [6, 6.07) is 18.9. The van der Waals surface area contributed by atoms with Crippen molar-refractivity contribution in [2.45, 2.75) is 5.75 Å². The summed E-state index contributed by atoms with van der Waals surface area (Å²) in [6.45, 7) is 0. The van der Waals surface area contributed by atoms with Crippen molar-refractivity contribution in [1.82, 2.24) is 0 Å². The Kier molecular flexibility index (Phi) is 7.02. The van der Waals surface area contributed by atoms with Crippen LogP contribution in [-0.2, 0) is 15.8 Å². The SMILES string of the molecule is N#Cc1ccc(NC(=O)Nc2cccc(Cl)c2Cl)c(NS(=O)(=O)Cc2ccccc2)c1. The Bertz CT molecular complexity index is 1260. The van der Waals surface area contributed by atoms with Crippen LogP contribution in [0.15, 0.2) is 66.7 Å². The zero-order valence-corrected chi connectivity index (χ0v) is 18.2. The molecule has 0 bridgehead atoms. The quantitative estimate of drug-likeness (QED) is 0.440. The average molecular weight is 475 g/mol. The maximum atomic E-state index is 12.6. The Morgan fingerprint density at radius 2 is 1.61 bits per heavy atom. The maximum absolute atomic E-state index is 12.6. The van der Waals surface area contributed by atoms with Gasteiger partial charge in [-0.05, 0) is 35.9 Å². The van der Waals surface area contributed by atoms with Gasteiger partial charge in [0.05, 0.1) is 44.5 Å². The minimum atomic E-state index is -3.81. The van der Waals surface area contributed by atoms with E-state index in [2.05, 4.69) is 15.4 Å². The minimum Gasteiger partial charge on any atom is -0.306 e. The molecule has 0 atom stereocenters. The number of sulfonamides is 1. The number of hydrogen-bond acceptors (Lipinski definition) is 4. The highest BCUT2D eigenvalue weighted by molar-refractivity contribution is 7.91. The van der Waals surface area contributed by atoms with Gasteiger partial charge < -0.3 is 10.6 Å². The van der Waals surface area contributed by atoms with Gasteiger partial charge in [0.2, 0.25) is 10.0 Å². The Hall–Kier alpha value is -3.25. The fourth-order valence-corrected chi connectivity index (χ4v) is 4.24. The number of carbonyl (C=O) groups excluding carboxylic acids is 1. The summed E-state index contributed by atoms with van der Waals surface area (Å²) in [7, 11) is -3.81. The fraction of sp³-hybridized carbons (Fsp3) is 0.0476. The highest BCUT2D eigenvalue weighted by atomic mass is 35.5. The summed E-state index contributed by atoms with van der Waals surface area (Å²) in [5.41, 5.74) is 1.32. The van der Waals surface area contributed by atoms with Crippen LogP contribution in [0.4, 0.5) is 21.9 Å². The van der Waals surface area contributed by atoms with Crippen LogP contribution in [-0.4, -0.2) is 14.4 Å². The van der Waals surface area contributed by atoms with Crippen molar-refractivity contribution in [3.05, 3.63) is 87.9 Å². The zero-order chi connectivity index (χ0) is 22.4. The van der Waals surface area contributed by atoms with Crippen LogP contribution >= 0.6 is 23.2 Å². The smallest absolute Gasteiger partial charge is 0.306 e. The van der Waals surface area contributed by atoms with Crippen molar-refractivity contribution in [2.24, 2.45) is 0 Å². The lowest BCUT2D eigenvalue weighted by Crippen LogP contribution is -2.22. The van der Waals surface area contributed by atoms with Gasteiger partial charge in [-0.15, -0.1) is 0 Å². The summed E-state index contributed by atoms with van der Waals surface area (Å²) in [4.78, 5) is 12.4. The molecule has 3 aromatic carbocycles. The second-order valence-electron chi connectivity index (χ2n) is 6.40. The topological polar surface area (TPSA) is 111 Å². The van der Waals surface area contributed by atoms with Gasteiger partial charge in [-0.3, -0.25) is 4.72 Å². The number of nitrogens with one attached hydrogen (secondary N) is 3. The third-order valence-corrected chi connectivity index (χ3v) is 6.12. The molecule has 3 aromatic rings. The van der Waals surface area contributed by atoms with E-state index < -0.39 is 16.1 Å². The Labute approximate surface area is 189 Å². The van der Waals surface area contributed by atoms with E-state index in [1.54, 1.807) is 48.5 Å². The molecule has 0 spiro atoms. The molecule has 0 aliphatic heterocycles. The molecule has 31 heavy (non-hydrogen) atoms. The van der Waals surface area contributed by atoms with Crippen LogP contribution in [0.1, 0.15) is 11.1 Å². The predicted molar refractivity (Wildman–Crippen MR) is 123 cm³/mol. The van der Waals surface area contributed by atoms with Gasteiger partial charge in [-0.2, -0.15) is 5.26 Å². The van der Waals surface area contributed by atoms with Gasteiger partial charge in [0, 0.05) is 0 Å². The molecule has 0 aliphatic carbocycles. The highest BCUT2D eigenvalue weighted by Gasteiger charge is 2.17. The van der Waals surface area contributed by atoms with Crippen LogP contribution < -0.4 is 15.4 Å². The summed E-state index contributed by atoms with van der Waals surface area (Å²) >= 11 is 12.0. The van der Waals surface area contributed by atoms with Crippen molar-refractivity contribution < 1.29 is 13.2 Å². The molecule has 0 aliphatic rings. The molecule has 0 unspecified atom stereocenters. The van der Waals surface area contributed by atoms with E-state index in [4.69, 9.17) is 28.5 Å². The molecule has 7 nitrogen and oxygen atoms in total. The van der Waals surface area contributed by atoms with Crippen LogP contribution in [0, 0.1) is 11.3 Å². The first kappa shape index (κ1) is 22.4. The molecule has 3 rings (SSSR count). The number of rotatable bonds is 6. The average Bonchev–Trinajstić information content (AvgIpc) is 2.73. The standard InChI is InChI=1S/C21H16Cl2N4O3S/c22-16-7-4-8-18(20(16)23)26-21(28)25-17-10-9-15(12-24)11-19(17)27-31(29,30)13-14-5-2-1-3-6-14/h1-11,27H,13H2,(H2,25,26,28). The van der Waals surface area contributed by atoms with Gasteiger partial charge >= 0.3 is 6.03 Å². The van der Waals surface area contributed by atoms with Gasteiger partial charge in [0.1, 0.15) is 0 Å². The lowest BCUT2D eigenvalue weighted by molar-refractivity contribution is 0.262. The third kappa shape index (κ3) is 6.12. The molecule has 2 amide bonds. The second-order valence-corrected chi connectivity index (χ2v) is 8.91. The highest BCUT2D eigenvalue weighted by Crippen LogP contribution is 2.30. The second kappa shape index (κ2) is 9.71. The van der Waals surface area contributed by atoms with Gasteiger partial charge in [-0.1, -0.05) is 59.6 Å². The van der Waals surface area contributed by atoms with Crippen molar-refractivity contribution in [3.8, 4) is 6.07 Å². The Morgan fingerprint density at radius 3 is 2.32 bits per heavy atom. The largest absolute Gasteiger partial charge is 0.323 e. The van der Waals surface area contributed by atoms with E-state index >= 15 is 0 Å². The molecule has 10 heteroatoms. The molecular weight excluding hydrogens is 459 g/mol. The monoisotopic (exact) mass is 474 g/mol. The van der Waals surface area contributed by atoms with E-state index in [9.17, 15) is 13.2 Å². The normalized spacial score (nSPS) is 10.7. The van der Waals surface area contributed by atoms with Gasteiger partial charge in [0.25, 0.3) is 0 Å². The van der Waals surface area contributed by atoms with E-state index in [1.807, 2.05) is 6.07 Å². The number of urea groups is 1. The number of nitriles is 1. The molecule has 0 radical (unpaired) electrons. The van der Waals surface area contributed by atoms with E-state index in [0.717, 1.165) is 0 Å². The lowest BCUT2D eigenvalue weighted by Gasteiger charge is -2.15. The molecule has 0 saturated heterocycles. The lowest BCUT2D eigenvalue weighted by atomic mass is 10.2. The van der Waals surface area contributed by atoms with E-state index in [0.29, 0.717) is 5.56 Å². The van der Waals surface area contributed by atoms with Crippen molar-refractivity contribution in [2.75, 3.05) is 15.4 Å². The number of carbonyl (C=O) groups is 1. The molecule has 0 fully saturated rings. The van der Waals surface area contributed by atoms with E-state index in [-0.39, 0.29) is 38.4 Å². The maximum Gasteiger partial charge on any atom is 0.323 e. The summed E-state index contributed by atoms with van der Waals surface area (Å²) in [6.07, 6.45) is 0. The number of halogens is 2. The molecule has 158 valence electrons. The molecule has 0 saturated carbocycles. The molecule has 0 aromatic heterocycles. The Morgan fingerprint density at radius 1 is 0.903 bits per heavy atom. The minimum absolute atomic E-state index is 0.0577. The first-order valence-electron chi connectivity index (χ1n) is 8.88. The first-order valence-corrected chi connectivity index (χ1v) is 11.3. The molecular formula is C21H16Cl2N4O3S. The first-order chi connectivity index (χ1) is 14.8. The van der Waals surface area contributed by atoms with Crippen LogP contribution in [0.25, 0.3) is 0 Å². The van der Waals surface area contributed by atoms with Crippen LogP contribution in [0.3, 0.4) is 0 Å². The number of nitrogens with zero attached hydrogens (tertiary/aromatic N) is 1. The molecule has 3 N–H and O–H groups in total. The third-order valence-electron chi connectivity index (χ3n) is 4.06. The predicted octanol–water partition coefficient (Wildman–Crippen LogP) is 5.45. The van der Waals surface area contributed by atoms with E-state index in [1.165, 1.54) is 18.2 Å². The summed E-state index contributed by atoms with van der Waals surface area (Å²) in [5, 5.41) is 14.7.